The summed E-state index contributed by atoms with van der Waals surface area (Å²) in [7, 11) is 0. The molecule has 2 aromatic rings. The van der Waals surface area contributed by atoms with Crippen molar-refractivity contribution in [2.45, 2.75) is 44.9 Å². The minimum atomic E-state index is -0.675. The van der Waals surface area contributed by atoms with Crippen molar-refractivity contribution in [3.63, 3.8) is 0 Å². The first-order chi connectivity index (χ1) is 17.1. The molecular formula is C26H29N3O6. The van der Waals surface area contributed by atoms with Gasteiger partial charge in [0, 0.05) is 43.5 Å². The Morgan fingerprint density at radius 1 is 1.11 bits per heavy atom. The molecule has 9 heteroatoms. The fraction of sp³-hybridized carbons (Fsp3) is 0.462. The van der Waals surface area contributed by atoms with Crippen LogP contribution in [0.2, 0.25) is 0 Å². The molecule has 1 unspecified atom stereocenters. The van der Waals surface area contributed by atoms with Crippen molar-refractivity contribution >= 4 is 11.8 Å². The van der Waals surface area contributed by atoms with Gasteiger partial charge in [0.15, 0.2) is 23.0 Å². The molecule has 4 aliphatic heterocycles. The number of hydrogen-bond acceptors (Lipinski definition) is 8. The van der Waals surface area contributed by atoms with Crippen LogP contribution in [0.5, 0.6) is 23.0 Å². The van der Waals surface area contributed by atoms with Crippen molar-refractivity contribution in [3.05, 3.63) is 47.5 Å². The monoisotopic (exact) mass is 479 g/mol. The van der Waals surface area contributed by atoms with Crippen LogP contribution in [0.15, 0.2) is 41.5 Å². The number of para-hydroxylation sites is 1. The second-order valence-electron chi connectivity index (χ2n) is 9.02. The molecule has 9 nitrogen and oxygen atoms in total. The number of benzene rings is 2. The lowest BCUT2D eigenvalue weighted by atomic mass is 9.90. The van der Waals surface area contributed by atoms with E-state index in [2.05, 4.69) is 11.1 Å². The van der Waals surface area contributed by atoms with Gasteiger partial charge in [-0.05, 0) is 38.1 Å². The molecule has 1 spiro atoms. The number of piperidine rings is 1. The maximum absolute atomic E-state index is 12.3. The molecule has 0 radical (unpaired) electrons. The number of amides is 1. The van der Waals surface area contributed by atoms with Crippen molar-refractivity contribution < 1.29 is 28.5 Å². The Kier molecular flexibility index (Phi) is 5.35. The molecule has 0 N–H and O–H groups in total. The van der Waals surface area contributed by atoms with Gasteiger partial charge in [0.1, 0.15) is 0 Å². The minimum absolute atomic E-state index is 0.00808. The standard InChI is InChI=1S/C26H29N3O6/c1-3-31-22-7-5-6-18-20-15-19(17-8-9-21-23(14-17)34-16-33-21)27-29(20)26(35-24(18)22)10-12-28(13-11-26)25(30)32-4-2/h5-9,14,20H,3-4,10-13,15-16H2,1-2H3. The summed E-state index contributed by atoms with van der Waals surface area (Å²) in [5.74, 6) is 3.02. The molecule has 2 aromatic carbocycles. The van der Waals surface area contributed by atoms with Gasteiger partial charge >= 0.3 is 6.09 Å². The number of likely N-dealkylation sites (tertiary alicyclic amines) is 1. The molecule has 1 saturated heterocycles. The van der Waals surface area contributed by atoms with Crippen molar-refractivity contribution in [1.29, 1.82) is 0 Å². The third-order valence-electron chi connectivity index (χ3n) is 7.06. The van der Waals surface area contributed by atoms with Crippen LogP contribution >= 0.6 is 0 Å². The molecule has 1 fully saturated rings. The first kappa shape index (κ1) is 21.9. The zero-order chi connectivity index (χ0) is 24.0. The summed E-state index contributed by atoms with van der Waals surface area (Å²) >= 11 is 0. The van der Waals surface area contributed by atoms with Gasteiger partial charge in [0.05, 0.1) is 25.0 Å². The van der Waals surface area contributed by atoms with Crippen LogP contribution in [-0.4, -0.2) is 60.5 Å². The average Bonchev–Trinajstić information content (AvgIpc) is 3.53. The summed E-state index contributed by atoms with van der Waals surface area (Å²) < 4.78 is 29.0. The van der Waals surface area contributed by atoms with Crippen LogP contribution in [0.3, 0.4) is 0 Å². The zero-order valence-electron chi connectivity index (χ0n) is 20.0. The van der Waals surface area contributed by atoms with Crippen LogP contribution in [0.4, 0.5) is 4.79 Å². The largest absolute Gasteiger partial charge is 0.490 e. The second kappa shape index (κ2) is 8.55. The number of carbonyl (C=O) groups is 1. The third-order valence-corrected chi connectivity index (χ3v) is 7.06. The van der Waals surface area contributed by atoms with E-state index in [0.29, 0.717) is 39.1 Å². The number of hydrogen-bond donors (Lipinski definition) is 0. The summed E-state index contributed by atoms with van der Waals surface area (Å²) in [5, 5.41) is 7.24. The number of hydrazone groups is 1. The lowest BCUT2D eigenvalue weighted by Crippen LogP contribution is -2.59. The summed E-state index contributed by atoms with van der Waals surface area (Å²) in [4.78, 5) is 14.1. The second-order valence-corrected chi connectivity index (χ2v) is 9.02. The highest BCUT2D eigenvalue weighted by Crippen LogP contribution is 2.53. The van der Waals surface area contributed by atoms with Crippen molar-refractivity contribution in [1.82, 2.24) is 9.91 Å². The van der Waals surface area contributed by atoms with Crippen molar-refractivity contribution in [2.75, 3.05) is 33.1 Å². The SMILES string of the molecule is CCOC(=O)N1CCC2(CC1)Oc1c(OCC)cccc1C1CC(c3ccc4c(c3)OCO4)=NN12. The highest BCUT2D eigenvalue weighted by molar-refractivity contribution is 6.02. The Bertz CT molecular complexity index is 1170. The van der Waals surface area contributed by atoms with Crippen LogP contribution in [0.1, 0.15) is 50.3 Å². The van der Waals surface area contributed by atoms with Crippen LogP contribution < -0.4 is 18.9 Å². The van der Waals surface area contributed by atoms with Crippen molar-refractivity contribution in [2.24, 2.45) is 5.10 Å². The van der Waals surface area contributed by atoms with Crippen LogP contribution in [0, 0.1) is 0 Å². The maximum Gasteiger partial charge on any atom is 0.409 e. The molecule has 184 valence electrons. The Hall–Kier alpha value is -3.62. The highest BCUT2D eigenvalue weighted by Gasteiger charge is 2.53. The topological polar surface area (TPSA) is 82.1 Å². The summed E-state index contributed by atoms with van der Waals surface area (Å²) in [5.41, 5.74) is 2.37. The third kappa shape index (κ3) is 3.61. The normalized spacial score (nSPS) is 21.2. The molecule has 0 bridgehead atoms. The van der Waals surface area contributed by atoms with E-state index in [1.165, 1.54) is 0 Å². The number of carbonyl (C=O) groups excluding carboxylic acids is 1. The van der Waals surface area contributed by atoms with E-state index in [1.807, 2.05) is 44.2 Å². The Labute approximate surface area is 204 Å². The van der Waals surface area contributed by atoms with Crippen molar-refractivity contribution in [3.8, 4) is 23.0 Å². The van der Waals surface area contributed by atoms with E-state index in [-0.39, 0.29) is 18.9 Å². The molecule has 4 heterocycles. The van der Waals surface area contributed by atoms with E-state index in [4.69, 9.17) is 28.8 Å². The quantitative estimate of drug-likeness (QED) is 0.646. The van der Waals surface area contributed by atoms with Gasteiger partial charge in [-0.2, -0.15) is 5.10 Å². The van der Waals surface area contributed by atoms with Gasteiger partial charge in [0.2, 0.25) is 12.5 Å². The van der Waals surface area contributed by atoms with E-state index < -0.39 is 5.72 Å². The summed E-state index contributed by atoms with van der Waals surface area (Å²) in [6.45, 7) is 6.00. The number of fused-ring (bicyclic) bond motifs is 5. The molecule has 0 aromatic heterocycles. The smallest absolute Gasteiger partial charge is 0.409 e. The summed E-state index contributed by atoms with van der Waals surface area (Å²) in [6, 6.07) is 12.0. The summed E-state index contributed by atoms with van der Waals surface area (Å²) in [6.07, 6.45) is 1.67. The van der Waals surface area contributed by atoms with Crippen LogP contribution in [0.25, 0.3) is 0 Å². The van der Waals surface area contributed by atoms with Gasteiger partial charge < -0.3 is 28.6 Å². The Morgan fingerprint density at radius 2 is 1.94 bits per heavy atom. The molecule has 0 saturated carbocycles. The first-order valence-electron chi connectivity index (χ1n) is 12.2. The van der Waals surface area contributed by atoms with Gasteiger partial charge in [-0.15, -0.1) is 0 Å². The highest BCUT2D eigenvalue weighted by atomic mass is 16.7. The average molecular weight is 480 g/mol. The number of rotatable bonds is 4. The van der Waals surface area contributed by atoms with E-state index in [0.717, 1.165) is 46.3 Å². The molecule has 0 aliphatic carbocycles. The predicted octanol–water partition coefficient (Wildman–Crippen LogP) is 4.31. The van der Waals surface area contributed by atoms with Gasteiger partial charge in [-0.3, -0.25) is 0 Å². The van der Waals surface area contributed by atoms with Crippen LogP contribution in [-0.2, 0) is 4.74 Å². The fourth-order valence-corrected chi connectivity index (χ4v) is 5.37. The van der Waals surface area contributed by atoms with Gasteiger partial charge in [0.25, 0.3) is 0 Å². The molecular weight excluding hydrogens is 450 g/mol. The number of ether oxygens (including phenoxy) is 5. The lowest BCUT2D eigenvalue weighted by molar-refractivity contribution is -0.148. The first-order valence-corrected chi connectivity index (χ1v) is 12.2. The van der Waals surface area contributed by atoms with E-state index in [1.54, 1.807) is 4.90 Å². The zero-order valence-corrected chi connectivity index (χ0v) is 20.0. The number of nitrogens with zero attached hydrogens (tertiary/aromatic N) is 3. The van der Waals surface area contributed by atoms with Gasteiger partial charge in [-0.25, -0.2) is 9.80 Å². The predicted molar refractivity (Wildman–Crippen MR) is 127 cm³/mol. The fourth-order valence-electron chi connectivity index (χ4n) is 5.37. The minimum Gasteiger partial charge on any atom is -0.490 e. The lowest BCUT2D eigenvalue weighted by Gasteiger charge is -2.51. The van der Waals surface area contributed by atoms with E-state index >= 15 is 0 Å². The maximum atomic E-state index is 12.3. The molecule has 4 aliphatic rings. The Morgan fingerprint density at radius 3 is 2.74 bits per heavy atom. The molecule has 6 rings (SSSR count). The Balaban J connectivity index is 1.37. The molecule has 1 atom stereocenters. The molecule has 1 amide bonds. The van der Waals surface area contributed by atoms with E-state index in [9.17, 15) is 4.79 Å². The van der Waals surface area contributed by atoms with Gasteiger partial charge in [-0.1, -0.05) is 12.1 Å². The molecule has 35 heavy (non-hydrogen) atoms.